The molecule has 186 valence electrons. The molecule has 8 nitrogen and oxygen atoms in total. The molecule has 0 saturated carbocycles. The van der Waals surface area contributed by atoms with Crippen LogP contribution in [0.2, 0.25) is 0 Å². The Morgan fingerprint density at radius 2 is 2.03 bits per heavy atom. The monoisotopic (exact) mass is 515 g/mol. The molecule has 1 aromatic carbocycles. The average molecular weight is 516 g/mol. The number of nitrogens with zero attached hydrogens (tertiary/aromatic N) is 1. The molecule has 6 atom stereocenters. The highest BCUT2D eigenvalue weighted by atomic mass is 32.2. The molecule has 4 aliphatic heterocycles. The van der Waals surface area contributed by atoms with Gasteiger partial charge in [-0.1, -0.05) is 37.3 Å². The van der Waals surface area contributed by atoms with Crippen LogP contribution in [-0.4, -0.2) is 64.3 Å². The summed E-state index contributed by atoms with van der Waals surface area (Å²) in [5.74, 6) is -1.25. The van der Waals surface area contributed by atoms with Gasteiger partial charge in [0.2, 0.25) is 5.91 Å². The summed E-state index contributed by atoms with van der Waals surface area (Å²) in [5, 5.41) is 6.51. The minimum absolute atomic E-state index is 0.0963. The van der Waals surface area contributed by atoms with Gasteiger partial charge in [0, 0.05) is 29.0 Å². The lowest BCUT2D eigenvalue weighted by molar-refractivity contribution is -0.172. The van der Waals surface area contributed by atoms with Crippen LogP contribution in [0.25, 0.3) is 0 Å². The van der Waals surface area contributed by atoms with Crippen molar-refractivity contribution in [2.24, 2.45) is 11.8 Å². The number of ether oxygens (including phenoxy) is 2. The highest BCUT2D eigenvalue weighted by Crippen LogP contribution is 2.52. The number of thioether (sulfide) groups is 1. The predicted octanol–water partition coefficient (Wildman–Crippen LogP) is 2.39. The number of thiocarbonyl (C=S) groups is 1. The van der Waals surface area contributed by atoms with E-state index in [2.05, 4.69) is 10.6 Å². The van der Waals surface area contributed by atoms with Gasteiger partial charge in [0.15, 0.2) is 0 Å². The van der Waals surface area contributed by atoms with Crippen LogP contribution in [0.3, 0.4) is 0 Å². The van der Waals surface area contributed by atoms with Crippen molar-refractivity contribution in [1.82, 2.24) is 15.5 Å². The first-order valence-electron chi connectivity index (χ1n) is 12.1. The standard InChI is InChI=1S/C25H29N3O5S2/c1-13-20-19(14(2)32-24(30)17-9-6-10-26-17)23(29)28(20)21(22(13)35-16-11-18(34)27-12-16)25(31)33-15-7-4-3-5-8-15/h3-5,7-8,13-14,16-17,19-20,26H,6,9-12H2,1-2H3,(H,27,34)/t13-,14-,16-,17?,19-,20-/m1/s1. The third-order valence-corrected chi connectivity index (χ3v) is 8.92. The number of benzene rings is 1. The van der Waals surface area contributed by atoms with Gasteiger partial charge in [-0.25, -0.2) is 4.79 Å². The van der Waals surface area contributed by atoms with Crippen molar-refractivity contribution in [1.29, 1.82) is 0 Å². The quantitative estimate of drug-likeness (QED) is 0.246. The highest BCUT2D eigenvalue weighted by molar-refractivity contribution is 8.03. The van der Waals surface area contributed by atoms with E-state index < -0.39 is 18.0 Å². The van der Waals surface area contributed by atoms with Gasteiger partial charge >= 0.3 is 11.9 Å². The van der Waals surface area contributed by atoms with Gasteiger partial charge in [-0.15, -0.1) is 11.8 Å². The van der Waals surface area contributed by atoms with Gasteiger partial charge in [-0.3, -0.25) is 9.59 Å². The fraction of sp³-hybridized carbons (Fsp3) is 0.520. The fourth-order valence-corrected chi connectivity index (χ4v) is 7.18. The number of esters is 2. The van der Waals surface area contributed by atoms with Gasteiger partial charge in [0.05, 0.1) is 16.9 Å². The average Bonchev–Trinajstić information content (AvgIpc) is 3.55. The summed E-state index contributed by atoms with van der Waals surface area (Å²) in [4.78, 5) is 42.5. The second-order valence-electron chi connectivity index (χ2n) is 9.47. The molecule has 4 heterocycles. The molecule has 35 heavy (non-hydrogen) atoms. The maximum Gasteiger partial charge on any atom is 0.361 e. The van der Waals surface area contributed by atoms with Crippen molar-refractivity contribution in [2.75, 3.05) is 13.1 Å². The fourth-order valence-electron chi connectivity index (χ4n) is 5.37. The molecule has 1 unspecified atom stereocenters. The Morgan fingerprint density at radius 1 is 1.26 bits per heavy atom. The van der Waals surface area contributed by atoms with E-state index in [4.69, 9.17) is 21.7 Å². The number of β-lactam (4-membered cyclic amide) rings is 1. The molecule has 0 aliphatic carbocycles. The van der Waals surface area contributed by atoms with Crippen molar-refractivity contribution in [3.63, 3.8) is 0 Å². The first-order valence-corrected chi connectivity index (χ1v) is 13.4. The maximum atomic E-state index is 13.4. The topological polar surface area (TPSA) is 97.0 Å². The van der Waals surface area contributed by atoms with E-state index in [1.807, 2.05) is 13.0 Å². The number of nitrogens with one attached hydrogen (secondary N) is 2. The molecule has 0 spiro atoms. The normalized spacial score (nSPS) is 30.6. The Labute approximate surface area is 214 Å². The van der Waals surface area contributed by atoms with Crippen molar-refractivity contribution >= 4 is 46.8 Å². The molecule has 0 radical (unpaired) electrons. The van der Waals surface area contributed by atoms with E-state index in [9.17, 15) is 14.4 Å². The molecule has 0 bridgehead atoms. The van der Waals surface area contributed by atoms with Crippen LogP contribution in [0.4, 0.5) is 0 Å². The zero-order valence-electron chi connectivity index (χ0n) is 19.7. The number of hydrogen-bond acceptors (Lipinski definition) is 8. The van der Waals surface area contributed by atoms with Crippen LogP contribution in [0.15, 0.2) is 40.9 Å². The second kappa shape index (κ2) is 9.91. The molecule has 4 aliphatic rings. The molecule has 10 heteroatoms. The lowest BCUT2D eigenvalue weighted by atomic mass is 9.79. The van der Waals surface area contributed by atoms with Gasteiger partial charge in [-0.05, 0) is 38.4 Å². The number of amides is 1. The van der Waals surface area contributed by atoms with Crippen LogP contribution in [0, 0.1) is 11.8 Å². The highest BCUT2D eigenvalue weighted by Gasteiger charge is 2.61. The number of rotatable bonds is 7. The molecule has 1 aromatic rings. The van der Waals surface area contributed by atoms with Crippen molar-refractivity contribution in [3.05, 3.63) is 40.9 Å². The minimum Gasteiger partial charge on any atom is -0.461 e. The maximum absolute atomic E-state index is 13.4. The first kappa shape index (κ1) is 24.3. The summed E-state index contributed by atoms with van der Waals surface area (Å²) >= 11 is 6.89. The summed E-state index contributed by atoms with van der Waals surface area (Å²) < 4.78 is 11.4. The second-order valence-corrected chi connectivity index (χ2v) is 11.3. The van der Waals surface area contributed by atoms with Crippen LogP contribution in [0.5, 0.6) is 5.75 Å². The van der Waals surface area contributed by atoms with Gasteiger partial charge in [0.25, 0.3) is 0 Å². The summed E-state index contributed by atoms with van der Waals surface area (Å²) in [6, 6.07) is 8.26. The number of carbonyl (C=O) groups excluding carboxylic acids is 3. The third kappa shape index (κ3) is 4.59. The Hall–Kier alpha value is -2.43. The Bertz CT molecular complexity index is 1070. The van der Waals surface area contributed by atoms with Crippen LogP contribution in [0.1, 0.15) is 33.1 Å². The van der Waals surface area contributed by atoms with E-state index >= 15 is 0 Å². The van der Waals surface area contributed by atoms with Crippen molar-refractivity contribution in [3.8, 4) is 5.75 Å². The lowest BCUT2D eigenvalue weighted by Gasteiger charge is -2.47. The Morgan fingerprint density at radius 3 is 2.69 bits per heavy atom. The van der Waals surface area contributed by atoms with Gasteiger partial charge in [-0.2, -0.15) is 0 Å². The minimum atomic E-state index is -0.586. The van der Waals surface area contributed by atoms with E-state index in [-0.39, 0.29) is 35.1 Å². The molecule has 2 N–H and O–H groups in total. The smallest absolute Gasteiger partial charge is 0.361 e. The SMILES string of the molecule is C[C@@H](OC(=O)C1CCCN1)[C@H]1C(=O)N2C(C(=O)Oc3ccccc3)=C(S[C@H]3CNC(=S)C3)[C@H](C)[C@H]12. The molecule has 3 fully saturated rings. The van der Waals surface area contributed by atoms with Gasteiger partial charge < -0.3 is 25.0 Å². The zero-order chi connectivity index (χ0) is 24.7. The molecule has 1 amide bonds. The van der Waals surface area contributed by atoms with E-state index in [0.29, 0.717) is 18.0 Å². The Balaban J connectivity index is 1.37. The number of carbonyl (C=O) groups is 3. The Kier molecular flexibility index (Phi) is 6.87. The van der Waals surface area contributed by atoms with Gasteiger partial charge in [0.1, 0.15) is 23.6 Å². The number of fused-ring (bicyclic) bond motifs is 1. The lowest BCUT2D eigenvalue weighted by Crippen LogP contribution is -2.64. The number of hydrogen-bond donors (Lipinski definition) is 2. The summed E-state index contributed by atoms with van der Waals surface area (Å²) in [6.45, 7) is 5.30. The number of para-hydroxylation sites is 1. The van der Waals surface area contributed by atoms with E-state index in [0.717, 1.165) is 35.7 Å². The summed E-state index contributed by atoms with van der Waals surface area (Å²) in [6.07, 6.45) is 1.81. The van der Waals surface area contributed by atoms with Crippen molar-refractivity contribution in [2.45, 2.75) is 56.5 Å². The largest absolute Gasteiger partial charge is 0.461 e. The summed E-state index contributed by atoms with van der Waals surface area (Å²) in [7, 11) is 0. The molecule has 5 rings (SSSR count). The van der Waals surface area contributed by atoms with Crippen LogP contribution >= 0.6 is 24.0 Å². The first-order chi connectivity index (χ1) is 16.8. The zero-order valence-corrected chi connectivity index (χ0v) is 21.3. The third-order valence-electron chi connectivity index (χ3n) is 7.12. The van der Waals surface area contributed by atoms with Crippen LogP contribution < -0.4 is 15.4 Å². The van der Waals surface area contributed by atoms with E-state index in [1.165, 1.54) is 0 Å². The predicted molar refractivity (Wildman–Crippen MR) is 136 cm³/mol. The van der Waals surface area contributed by atoms with Crippen molar-refractivity contribution < 1.29 is 23.9 Å². The van der Waals surface area contributed by atoms with Crippen LogP contribution in [-0.2, 0) is 19.1 Å². The molecule has 0 aromatic heterocycles. The molecule has 3 saturated heterocycles. The summed E-state index contributed by atoms with van der Waals surface area (Å²) in [5.41, 5.74) is 0.298. The molecular formula is C25H29N3O5S2. The van der Waals surface area contributed by atoms with E-state index in [1.54, 1.807) is 47.9 Å². The molecular weight excluding hydrogens is 486 g/mol.